The molecule has 0 saturated carbocycles. The van der Waals surface area contributed by atoms with E-state index in [4.69, 9.17) is 28.5 Å². The van der Waals surface area contributed by atoms with E-state index in [0.717, 1.165) is 11.1 Å². The molecule has 17 heteroatoms. The number of Topliss-reactive ketones (excluding diaryl/α,β-unsaturated/α-hetero) is 1. The molecule has 1 aromatic heterocycles. The summed E-state index contributed by atoms with van der Waals surface area (Å²) in [5, 5.41) is 36.8. The summed E-state index contributed by atoms with van der Waals surface area (Å²) < 4.78 is 34.1. The molecule has 3 saturated heterocycles. The van der Waals surface area contributed by atoms with Crippen molar-refractivity contribution in [1.82, 2.24) is 19.9 Å². The van der Waals surface area contributed by atoms with E-state index in [1.807, 2.05) is 65.0 Å². The van der Waals surface area contributed by atoms with Gasteiger partial charge in [-0.1, -0.05) is 44.1 Å². The molecule has 3 fully saturated rings. The summed E-state index contributed by atoms with van der Waals surface area (Å²) in [4.78, 5) is 53.5. The van der Waals surface area contributed by atoms with Gasteiger partial charge in [0.1, 0.15) is 41.6 Å². The van der Waals surface area contributed by atoms with Crippen LogP contribution in [0.15, 0.2) is 28.3 Å². The molecule has 3 aliphatic rings. The fourth-order valence-electron chi connectivity index (χ4n) is 8.98. The Balaban J connectivity index is 1.66. The number of rotatable bonds is 7. The van der Waals surface area contributed by atoms with Gasteiger partial charge in [0, 0.05) is 37.6 Å². The van der Waals surface area contributed by atoms with Crippen LogP contribution in [-0.2, 0) is 56.6 Å². The predicted octanol–water partition coefficient (Wildman–Crippen LogP) is 3.40. The number of nitrogens with zero attached hydrogens (tertiary/aromatic N) is 6. The first kappa shape index (κ1) is 46.4. The van der Waals surface area contributed by atoms with Crippen molar-refractivity contribution in [2.45, 2.75) is 142 Å². The van der Waals surface area contributed by atoms with E-state index < -0.39 is 83.2 Å². The third-order valence-corrected chi connectivity index (χ3v) is 12.2. The smallest absolute Gasteiger partial charge is 0.316 e. The number of ketones is 1. The molecule has 1 amide bonds. The summed E-state index contributed by atoms with van der Waals surface area (Å²) in [5.74, 6) is -5.32. The summed E-state index contributed by atoms with van der Waals surface area (Å²) >= 11 is 0. The summed E-state index contributed by atoms with van der Waals surface area (Å²) in [6, 6.07) is 5.31. The Morgan fingerprint density at radius 3 is 2.47 bits per heavy atom. The highest BCUT2D eigenvalue weighted by Gasteiger charge is 2.53. The quantitative estimate of drug-likeness (QED) is 0.233. The number of aliphatic hydroxyl groups excluding tert-OH is 1. The maximum Gasteiger partial charge on any atom is 0.316 e. The molecule has 2 N–H and O–H groups in total. The minimum absolute atomic E-state index is 0.0719. The second kappa shape index (κ2) is 18.9. The Morgan fingerprint density at radius 2 is 1.81 bits per heavy atom. The number of hydrogen-bond acceptors (Lipinski definition) is 15. The molecule has 2 aromatic rings. The number of ether oxygens (including phenoxy) is 5. The number of amides is 1. The van der Waals surface area contributed by atoms with Gasteiger partial charge < -0.3 is 43.6 Å². The molecule has 17 nitrogen and oxygen atoms in total. The van der Waals surface area contributed by atoms with E-state index in [-0.39, 0.29) is 44.8 Å². The van der Waals surface area contributed by atoms with Crippen LogP contribution < -0.4 is 0 Å². The molecule has 4 heterocycles. The highest BCUT2D eigenvalue weighted by atomic mass is 16.7. The molecule has 59 heavy (non-hydrogen) atoms. The lowest BCUT2D eigenvalue weighted by Gasteiger charge is -2.47. The molecular weight excluding hydrogens is 764 g/mol. The van der Waals surface area contributed by atoms with Crippen molar-refractivity contribution in [3.05, 3.63) is 23.8 Å². The van der Waals surface area contributed by atoms with Gasteiger partial charge in [0.25, 0.3) is 0 Å². The summed E-state index contributed by atoms with van der Waals surface area (Å²) in [5.41, 5.74) is -0.204. The molecular formula is C42H64N6O11. The molecule has 13 atom stereocenters. The average Bonchev–Trinajstić information content (AvgIpc) is 3.54. The van der Waals surface area contributed by atoms with Crippen LogP contribution in [0.25, 0.3) is 11.0 Å². The van der Waals surface area contributed by atoms with Gasteiger partial charge in [-0.15, -0.1) is 5.10 Å². The molecule has 0 aliphatic carbocycles. The molecule has 328 valence electrons. The number of carbonyl (C=O) groups excluding carboxylic acids is 3. The number of likely N-dealkylation sites (N-methyl/N-ethyl adjacent to an activating group) is 1. The van der Waals surface area contributed by atoms with Gasteiger partial charge in [-0.25, -0.2) is 9.67 Å². The minimum Gasteiger partial charge on any atom is -0.459 e. The average molecular weight is 829 g/mol. The molecule has 2 bridgehead atoms. The zero-order chi connectivity index (χ0) is 43.6. The van der Waals surface area contributed by atoms with Crippen LogP contribution in [0.3, 0.4) is 0 Å². The molecule has 5 rings (SSSR count). The zero-order valence-corrected chi connectivity index (χ0v) is 36.6. The highest BCUT2D eigenvalue weighted by Crippen LogP contribution is 2.40. The maximum atomic E-state index is 14.5. The van der Waals surface area contributed by atoms with E-state index in [1.54, 1.807) is 25.5 Å². The van der Waals surface area contributed by atoms with Gasteiger partial charge >= 0.3 is 5.97 Å². The highest BCUT2D eigenvalue weighted by molar-refractivity contribution is 6.00. The van der Waals surface area contributed by atoms with Gasteiger partial charge in [0.2, 0.25) is 5.91 Å². The van der Waals surface area contributed by atoms with E-state index in [9.17, 15) is 24.6 Å². The van der Waals surface area contributed by atoms with Crippen LogP contribution in [0.2, 0.25) is 0 Å². The SMILES string of the molecule is CC[C@H]1OC(=O)[C@H](C)C(=O)[C@H](C)[C@@H](O[C@@H]2O[C@H](C)C[C@H](N(C)C)[C@H]2O)[C@@]2(C)C[C@@H](C)C(=NC(C)=O)[C@H](C)[C@H](OC/C(=N\OCc3ccc4c(c3)nnn4C)CO2)[C@]1(C)O. The number of aryl methyl sites for hydroxylation is 1. The second-order valence-electron chi connectivity index (χ2n) is 17.4. The number of aromatic nitrogens is 3. The van der Waals surface area contributed by atoms with Crippen molar-refractivity contribution in [1.29, 1.82) is 0 Å². The fraction of sp³-hybridized carbons (Fsp3) is 0.738. The predicted molar refractivity (Wildman–Crippen MR) is 217 cm³/mol. The van der Waals surface area contributed by atoms with Crippen LogP contribution >= 0.6 is 0 Å². The van der Waals surface area contributed by atoms with E-state index in [0.29, 0.717) is 23.4 Å². The number of esters is 1. The lowest BCUT2D eigenvalue weighted by molar-refractivity contribution is -0.296. The Bertz CT molecular complexity index is 1880. The number of benzene rings is 1. The van der Waals surface area contributed by atoms with Crippen LogP contribution in [0, 0.1) is 23.7 Å². The van der Waals surface area contributed by atoms with Crippen molar-refractivity contribution < 1.29 is 53.1 Å². The van der Waals surface area contributed by atoms with Crippen LogP contribution in [0.5, 0.6) is 0 Å². The van der Waals surface area contributed by atoms with E-state index in [2.05, 4.69) is 20.5 Å². The lowest BCUT2D eigenvalue weighted by atomic mass is 9.73. The number of aliphatic hydroxyl groups is 2. The number of oxime groups is 1. The number of fused-ring (bicyclic) bond motifs is 6. The zero-order valence-electron chi connectivity index (χ0n) is 36.6. The number of aliphatic imine (C=N–C) groups is 1. The summed E-state index contributed by atoms with van der Waals surface area (Å²) in [6.07, 6.45) is -5.12. The Morgan fingerprint density at radius 1 is 1.10 bits per heavy atom. The topological polar surface area (TPSA) is 206 Å². The first-order valence-corrected chi connectivity index (χ1v) is 20.6. The van der Waals surface area contributed by atoms with Crippen molar-refractivity contribution in [3.63, 3.8) is 0 Å². The monoisotopic (exact) mass is 828 g/mol. The Labute approximate surface area is 346 Å². The Hall–Kier alpha value is -3.71. The Kier molecular flexibility index (Phi) is 14.9. The molecule has 0 spiro atoms. The third kappa shape index (κ3) is 10.3. The second-order valence-corrected chi connectivity index (χ2v) is 17.4. The summed E-state index contributed by atoms with van der Waals surface area (Å²) in [6.45, 7) is 14.8. The molecule has 0 radical (unpaired) electrons. The molecule has 0 unspecified atom stereocenters. The van der Waals surface area contributed by atoms with Gasteiger partial charge in [0.05, 0.1) is 42.6 Å². The normalized spacial score (nSPS) is 38.2. The largest absolute Gasteiger partial charge is 0.459 e. The van der Waals surface area contributed by atoms with E-state index in [1.165, 1.54) is 20.8 Å². The van der Waals surface area contributed by atoms with Gasteiger partial charge in [-0.2, -0.15) is 0 Å². The van der Waals surface area contributed by atoms with Crippen LogP contribution in [0.4, 0.5) is 0 Å². The number of hydrogen-bond donors (Lipinski definition) is 2. The molecule has 3 aliphatic heterocycles. The van der Waals surface area contributed by atoms with Crippen molar-refractivity contribution in [3.8, 4) is 0 Å². The number of carbonyl (C=O) groups is 3. The standard InChI is InChI=1S/C42H64N6O11/c1-13-33-42(9,53)38-24(4)34(43-27(7)49)22(2)18-41(8,55-21-29(20-54-38)45-56-19-28-14-15-31-30(17-28)44-46-48(31)12)37(25(5)35(50)26(6)39(52)58-33)59-40-36(51)32(47(10)11)16-23(3)57-40/h14-15,17,22-26,32-33,36-38,40,51,53H,13,16,18-21H2,1-12H3/b43-34?,45-29+/t22-,23-,24+,25+,26-,32+,33-,36-,37-,38+,40+,41-,42-/m1/s1. The van der Waals surface area contributed by atoms with Crippen molar-refractivity contribution >= 4 is 40.1 Å². The van der Waals surface area contributed by atoms with Crippen LogP contribution in [-0.4, -0.2) is 141 Å². The van der Waals surface area contributed by atoms with Crippen molar-refractivity contribution in [2.75, 3.05) is 27.3 Å². The fourth-order valence-corrected chi connectivity index (χ4v) is 8.98. The van der Waals surface area contributed by atoms with Gasteiger partial charge in [0.15, 0.2) is 12.1 Å². The maximum absolute atomic E-state index is 14.5. The van der Waals surface area contributed by atoms with E-state index >= 15 is 0 Å². The third-order valence-electron chi connectivity index (χ3n) is 12.2. The first-order valence-electron chi connectivity index (χ1n) is 20.6. The first-order chi connectivity index (χ1) is 27.7. The summed E-state index contributed by atoms with van der Waals surface area (Å²) in [7, 11) is 5.54. The van der Waals surface area contributed by atoms with Gasteiger partial charge in [-0.3, -0.25) is 14.4 Å². The molecule has 1 aromatic carbocycles. The van der Waals surface area contributed by atoms with Crippen molar-refractivity contribution in [2.24, 2.45) is 40.9 Å². The number of cyclic esters (lactones) is 1. The van der Waals surface area contributed by atoms with Crippen LogP contribution in [0.1, 0.15) is 87.1 Å². The lowest BCUT2D eigenvalue weighted by Crippen LogP contribution is -2.60. The minimum atomic E-state index is -1.85. The van der Waals surface area contributed by atoms with Gasteiger partial charge in [-0.05, 0) is 84.7 Å².